The number of thiophene rings is 1. The lowest BCUT2D eigenvalue weighted by molar-refractivity contribution is 1.23. The molecule has 2 heterocycles. The molecule has 0 spiro atoms. The Morgan fingerprint density at radius 3 is 3.08 bits per heavy atom. The third-order valence-corrected chi connectivity index (χ3v) is 4.06. The van der Waals surface area contributed by atoms with Crippen LogP contribution >= 0.6 is 33.9 Å². The summed E-state index contributed by atoms with van der Waals surface area (Å²) in [5.74, 6) is 5.95. The Hall–Kier alpha value is -0.670. The van der Waals surface area contributed by atoms with Crippen LogP contribution in [0, 0.1) is 15.4 Å². The van der Waals surface area contributed by atoms with E-state index in [4.69, 9.17) is 0 Å². The molecule has 4 heteroatoms. The van der Waals surface area contributed by atoms with Gasteiger partial charge in [0.1, 0.15) is 11.2 Å². The lowest BCUT2D eigenvalue weighted by atomic mass is 10.4. The molecular weight excluding hydrogens is 295 g/mol. The van der Waals surface area contributed by atoms with Crippen molar-refractivity contribution in [3.8, 4) is 11.8 Å². The SMILES string of the molecule is CC#Cc1sc2ncncc2c1I. The molecule has 2 nitrogen and oxygen atoms in total. The summed E-state index contributed by atoms with van der Waals surface area (Å²) in [6.07, 6.45) is 3.40. The van der Waals surface area contributed by atoms with Gasteiger partial charge in [0.15, 0.2) is 0 Å². The Bertz CT molecular complexity index is 507. The molecule has 0 aliphatic carbocycles. The van der Waals surface area contributed by atoms with Gasteiger partial charge in [0.05, 0.1) is 8.45 Å². The maximum Gasteiger partial charge on any atom is 0.128 e. The van der Waals surface area contributed by atoms with Crippen molar-refractivity contribution in [1.29, 1.82) is 0 Å². The second kappa shape index (κ2) is 3.60. The van der Waals surface area contributed by atoms with Crippen molar-refractivity contribution in [2.24, 2.45) is 0 Å². The standard InChI is InChI=1S/C9H5IN2S/c1-2-3-7-8(10)6-4-11-5-12-9(6)13-7/h4-5H,1H3. The van der Waals surface area contributed by atoms with Crippen LogP contribution in [0.1, 0.15) is 11.8 Å². The maximum atomic E-state index is 4.18. The zero-order valence-electron chi connectivity index (χ0n) is 6.84. The largest absolute Gasteiger partial charge is 0.244 e. The normalized spacial score (nSPS) is 9.69. The van der Waals surface area contributed by atoms with Crippen molar-refractivity contribution in [3.05, 3.63) is 21.0 Å². The van der Waals surface area contributed by atoms with Gasteiger partial charge in [-0.05, 0) is 29.5 Å². The first-order valence-electron chi connectivity index (χ1n) is 3.63. The fourth-order valence-electron chi connectivity index (χ4n) is 1.01. The fraction of sp³-hybridized carbons (Fsp3) is 0.111. The molecule has 2 aromatic rings. The highest BCUT2D eigenvalue weighted by Crippen LogP contribution is 2.29. The molecule has 0 bridgehead atoms. The third kappa shape index (κ3) is 1.54. The molecule has 0 saturated heterocycles. The Labute approximate surface area is 93.5 Å². The van der Waals surface area contributed by atoms with E-state index in [0.29, 0.717) is 0 Å². The minimum absolute atomic E-state index is 1.01. The number of halogens is 1. The molecule has 0 radical (unpaired) electrons. The number of hydrogen-bond donors (Lipinski definition) is 0. The van der Waals surface area contributed by atoms with Crippen molar-refractivity contribution in [2.75, 3.05) is 0 Å². The summed E-state index contributed by atoms with van der Waals surface area (Å²) in [5, 5.41) is 1.10. The molecule has 0 fully saturated rings. The maximum absolute atomic E-state index is 4.18. The number of nitrogens with zero attached hydrogens (tertiary/aromatic N) is 2. The molecule has 64 valence electrons. The number of rotatable bonds is 0. The van der Waals surface area contributed by atoms with E-state index in [2.05, 4.69) is 44.4 Å². The van der Waals surface area contributed by atoms with E-state index in [1.54, 1.807) is 17.7 Å². The van der Waals surface area contributed by atoms with Gasteiger partial charge in [-0.2, -0.15) is 0 Å². The topological polar surface area (TPSA) is 25.8 Å². The first-order chi connectivity index (χ1) is 6.33. The predicted octanol–water partition coefficient (Wildman–Crippen LogP) is 2.67. The molecule has 0 unspecified atom stereocenters. The van der Waals surface area contributed by atoms with Crippen molar-refractivity contribution >= 4 is 44.1 Å². The summed E-state index contributed by atoms with van der Waals surface area (Å²) >= 11 is 3.90. The van der Waals surface area contributed by atoms with E-state index < -0.39 is 0 Å². The van der Waals surface area contributed by atoms with Crippen molar-refractivity contribution in [3.63, 3.8) is 0 Å². The second-order valence-corrected chi connectivity index (χ2v) is 4.44. The van der Waals surface area contributed by atoms with Crippen LogP contribution in [0.3, 0.4) is 0 Å². The van der Waals surface area contributed by atoms with Crippen molar-refractivity contribution < 1.29 is 0 Å². The first-order valence-corrected chi connectivity index (χ1v) is 5.53. The summed E-state index contributed by atoms with van der Waals surface area (Å²) in [4.78, 5) is 10.3. The quantitative estimate of drug-likeness (QED) is 0.552. The van der Waals surface area contributed by atoms with Crippen molar-refractivity contribution in [1.82, 2.24) is 9.97 Å². The minimum Gasteiger partial charge on any atom is -0.244 e. The van der Waals surface area contributed by atoms with E-state index in [1.165, 1.54) is 0 Å². The average molecular weight is 300 g/mol. The van der Waals surface area contributed by atoms with E-state index in [-0.39, 0.29) is 0 Å². The molecule has 2 rings (SSSR count). The van der Waals surface area contributed by atoms with Crippen LogP contribution in [-0.2, 0) is 0 Å². The van der Waals surface area contributed by atoms with Gasteiger partial charge < -0.3 is 0 Å². The third-order valence-electron chi connectivity index (χ3n) is 1.55. The van der Waals surface area contributed by atoms with E-state index in [9.17, 15) is 0 Å². The van der Waals surface area contributed by atoms with Crippen LogP contribution in [-0.4, -0.2) is 9.97 Å². The molecule has 0 saturated carbocycles. The van der Waals surface area contributed by atoms with Crippen LogP contribution in [0.15, 0.2) is 12.5 Å². The molecule has 0 aromatic carbocycles. The van der Waals surface area contributed by atoms with Gasteiger partial charge in [0.25, 0.3) is 0 Å². The summed E-state index contributed by atoms with van der Waals surface area (Å²) in [6.45, 7) is 1.84. The summed E-state index contributed by atoms with van der Waals surface area (Å²) in [7, 11) is 0. The van der Waals surface area contributed by atoms with E-state index in [0.717, 1.165) is 18.7 Å². The first kappa shape index (κ1) is 8.91. The van der Waals surface area contributed by atoms with Gasteiger partial charge in [-0.15, -0.1) is 17.3 Å². The highest BCUT2D eigenvalue weighted by molar-refractivity contribution is 14.1. The Morgan fingerprint density at radius 1 is 1.54 bits per heavy atom. The highest BCUT2D eigenvalue weighted by atomic mass is 127. The van der Waals surface area contributed by atoms with Gasteiger partial charge in [0, 0.05) is 11.6 Å². The Morgan fingerprint density at radius 2 is 2.38 bits per heavy atom. The number of aromatic nitrogens is 2. The van der Waals surface area contributed by atoms with Crippen LogP contribution in [0.5, 0.6) is 0 Å². The molecular formula is C9H5IN2S. The zero-order valence-corrected chi connectivity index (χ0v) is 9.81. The molecule has 0 atom stereocenters. The summed E-state index contributed by atoms with van der Waals surface area (Å²) in [6, 6.07) is 0. The highest BCUT2D eigenvalue weighted by Gasteiger charge is 2.07. The van der Waals surface area contributed by atoms with E-state index in [1.807, 2.05) is 13.1 Å². The van der Waals surface area contributed by atoms with Crippen LogP contribution in [0.4, 0.5) is 0 Å². The van der Waals surface area contributed by atoms with Crippen LogP contribution < -0.4 is 0 Å². The fourth-order valence-corrected chi connectivity index (χ4v) is 2.96. The number of fused-ring (bicyclic) bond motifs is 1. The summed E-state index contributed by atoms with van der Waals surface area (Å²) < 4.78 is 1.16. The summed E-state index contributed by atoms with van der Waals surface area (Å²) in [5.41, 5.74) is 0. The smallest absolute Gasteiger partial charge is 0.128 e. The zero-order chi connectivity index (χ0) is 9.26. The van der Waals surface area contributed by atoms with Gasteiger partial charge in [0.2, 0.25) is 0 Å². The van der Waals surface area contributed by atoms with Gasteiger partial charge in [-0.3, -0.25) is 0 Å². The second-order valence-electron chi connectivity index (χ2n) is 2.36. The molecule has 0 aliphatic heterocycles. The average Bonchev–Trinajstić information content (AvgIpc) is 2.46. The van der Waals surface area contributed by atoms with Crippen molar-refractivity contribution in [2.45, 2.75) is 6.92 Å². The lowest BCUT2D eigenvalue weighted by Gasteiger charge is -1.85. The van der Waals surface area contributed by atoms with E-state index >= 15 is 0 Å². The molecule has 2 aromatic heterocycles. The number of hydrogen-bond acceptors (Lipinski definition) is 3. The predicted molar refractivity (Wildman–Crippen MR) is 62.7 cm³/mol. The van der Waals surface area contributed by atoms with Gasteiger partial charge in [-0.25, -0.2) is 9.97 Å². The molecule has 0 N–H and O–H groups in total. The minimum atomic E-state index is 1.01. The Kier molecular flexibility index (Phi) is 2.47. The van der Waals surface area contributed by atoms with Gasteiger partial charge in [-0.1, -0.05) is 5.92 Å². The van der Waals surface area contributed by atoms with Crippen LogP contribution in [0.25, 0.3) is 10.2 Å². The molecule has 0 amide bonds. The molecule has 0 aliphatic rings. The van der Waals surface area contributed by atoms with Crippen LogP contribution in [0.2, 0.25) is 0 Å². The lowest BCUT2D eigenvalue weighted by Crippen LogP contribution is -1.75. The molecule has 13 heavy (non-hydrogen) atoms. The monoisotopic (exact) mass is 300 g/mol. The Balaban J connectivity index is 2.78. The van der Waals surface area contributed by atoms with Gasteiger partial charge >= 0.3 is 0 Å².